The summed E-state index contributed by atoms with van der Waals surface area (Å²) >= 11 is 1.64. The standard InChI is InChI=1S/C23H22FN3O3S/c1-16-4-9-20(31-16)15-26(14-19-3-2-12-30-19)23(29)21-10-11-22(28)27(25-21)13-17-5-7-18(24)8-6-17/h2-9,12H,10-11,13-15H2,1H3. The molecular formula is C23H22FN3O3S. The van der Waals surface area contributed by atoms with Crippen molar-refractivity contribution in [1.29, 1.82) is 0 Å². The highest BCUT2D eigenvalue weighted by molar-refractivity contribution is 7.11. The van der Waals surface area contributed by atoms with Crippen LogP contribution < -0.4 is 0 Å². The molecule has 0 saturated heterocycles. The predicted octanol–water partition coefficient (Wildman–Crippen LogP) is 4.50. The van der Waals surface area contributed by atoms with Gasteiger partial charge in [0.1, 0.15) is 17.3 Å². The molecule has 0 atom stereocenters. The Morgan fingerprint density at radius 3 is 2.65 bits per heavy atom. The third-order valence-corrected chi connectivity index (χ3v) is 5.94. The van der Waals surface area contributed by atoms with E-state index in [0.717, 1.165) is 10.4 Å². The van der Waals surface area contributed by atoms with Crippen LogP contribution in [0.25, 0.3) is 0 Å². The first-order valence-electron chi connectivity index (χ1n) is 9.97. The Morgan fingerprint density at radius 1 is 1.16 bits per heavy atom. The average molecular weight is 440 g/mol. The van der Waals surface area contributed by atoms with Gasteiger partial charge in [-0.05, 0) is 48.9 Å². The molecule has 0 aliphatic carbocycles. The SMILES string of the molecule is Cc1ccc(CN(Cc2ccco2)C(=O)C2=NN(Cc3ccc(F)cc3)C(=O)CC2)s1. The lowest BCUT2D eigenvalue weighted by Crippen LogP contribution is -2.40. The number of hydrogen-bond donors (Lipinski definition) is 0. The molecule has 1 aromatic carbocycles. The number of amides is 2. The van der Waals surface area contributed by atoms with Gasteiger partial charge in [-0.1, -0.05) is 12.1 Å². The lowest BCUT2D eigenvalue weighted by molar-refractivity contribution is -0.132. The minimum atomic E-state index is -0.342. The van der Waals surface area contributed by atoms with Crippen molar-refractivity contribution in [2.75, 3.05) is 0 Å². The maximum atomic E-state index is 13.4. The van der Waals surface area contributed by atoms with E-state index in [1.807, 2.05) is 25.1 Å². The molecule has 0 bridgehead atoms. The van der Waals surface area contributed by atoms with Gasteiger partial charge in [0.25, 0.3) is 5.91 Å². The zero-order valence-electron chi connectivity index (χ0n) is 17.1. The summed E-state index contributed by atoms with van der Waals surface area (Å²) in [6, 6.07) is 13.5. The molecule has 3 heterocycles. The zero-order valence-corrected chi connectivity index (χ0v) is 17.9. The van der Waals surface area contributed by atoms with Gasteiger partial charge in [0, 0.05) is 22.6 Å². The number of nitrogens with zero attached hydrogens (tertiary/aromatic N) is 3. The second-order valence-corrected chi connectivity index (χ2v) is 8.75. The molecule has 3 aromatic rings. The first-order chi connectivity index (χ1) is 15.0. The van der Waals surface area contributed by atoms with Gasteiger partial charge in [0.15, 0.2) is 0 Å². The molecule has 160 valence electrons. The minimum absolute atomic E-state index is 0.160. The van der Waals surface area contributed by atoms with Crippen molar-refractivity contribution in [3.8, 4) is 0 Å². The van der Waals surface area contributed by atoms with Crippen molar-refractivity contribution < 1.29 is 18.4 Å². The molecule has 0 N–H and O–H groups in total. The zero-order chi connectivity index (χ0) is 21.8. The van der Waals surface area contributed by atoms with Crippen LogP contribution in [0.5, 0.6) is 0 Å². The molecule has 8 heteroatoms. The second kappa shape index (κ2) is 9.26. The Kier molecular flexibility index (Phi) is 6.27. The predicted molar refractivity (Wildman–Crippen MR) is 116 cm³/mol. The van der Waals surface area contributed by atoms with Gasteiger partial charge in [-0.2, -0.15) is 5.10 Å². The van der Waals surface area contributed by atoms with Crippen molar-refractivity contribution in [2.45, 2.75) is 39.4 Å². The minimum Gasteiger partial charge on any atom is -0.467 e. The molecule has 0 spiro atoms. The van der Waals surface area contributed by atoms with E-state index in [1.54, 1.807) is 40.7 Å². The summed E-state index contributed by atoms with van der Waals surface area (Å²) in [5, 5.41) is 5.66. The van der Waals surface area contributed by atoms with E-state index < -0.39 is 0 Å². The maximum Gasteiger partial charge on any atom is 0.270 e. The van der Waals surface area contributed by atoms with E-state index in [1.165, 1.54) is 22.0 Å². The first-order valence-corrected chi connectivity index (χ1v) is 10.8. The summed E-state index contributed by atoms with van der Waals surface area (Å²) in [5.41, 5.74) is 1.08. The number of rotatable bonds is 7. The summed E-state index contributed by atoms with van der Waals surface area (Å²) in [7, 11) is 0. The van der Waals surface area contributed by atoms with Gasteiger partial charge in [-0.25, -0.2) is 9.40 Å². The molecule has 0 saturated carbocycles. The van der Waals surface area contributed by atoms with E-state index in [4.69, 9.17) is 4.42 Å². The molecule has 1 aliphatic heterocycles. The van der Waals surface area contributed by atoms with Gasteiger partial charge < -0.3 is 9.32 Å². The summed E-state index contributed by atoms with van der Waals surface area (Å²) < 4.78 is 18.6. The summed E-state index contributed by atoms with van der Waals surface area (Å²) in [5.74, 6) is -0.0471. The van der Waals surface area contributed by atoms with Crippen LogP contribution in [-0.2, 0) is 29.2 Å². The number of hydrogen-bond acceptors (Lipinski definition) is 5. The summed E-state index contributed by atoms with van der Waals surface area (Å²) in [4.78, 5) is 29.6. The molecule has 2 amide bonds. The van der Waals surface area contributed by atoms with E-state index in [0.29, 0.717) is 24.6 Å². The summed E-state index contributed by atoms with van der Waals surface area (Å²) in [6.07, 6.45) is 2.07. The van der Waals surface area contributed by atoms with Gasteiger partial charge in [0.2, 0.25) is 5.91 Å². The fourth-order valence-electron chi connectivity index (χ4n) is 3.37. The molecule has 0 radical (unpaired) electrons. The number of aryl methyl sites for hydroxylation is 1. The number of carbonyl (C=O) groups is 2. The molecule has 0 fully saturated rings. The van der Waals surface area contributed by atoms with Crippen molar-refractivity contribution in [3.05, 3.63) is 81.7 Å². The number of hydrazone groups is 1. The van der Waals surface area contributed by atoms with Crippen LogP contribution in [0, 0.1) is 12.7 Å². The second-order valence-electron chi connectivity index (χ2n) is 7.38. The monoisotopic (exact) mass is 439 g/mol. The van der Waals surface area contributed by atoms with Crippen LogP contribution in [0.1, 0.15) is 33.9 Å². The third kappa shape index (κ3) is 5.27. The van der Waals surface area contributed by atoms with Crippen LogP contribution in [0.2, 0.25) is 0 Å². The van der Waals surface area contributed by atoms with Crippen molar-refractivity contribution in [1.82, 2.24) is 9.91 Å². The van der Waals surface area contributed by atoms with E-state index in [-0.39, 0.29) is 37.0 Å². The topological polar surface area (TPSA) is 66.1 Å². The van der Waals surface area contributed by atoms with Crippen LogP contribution >= 0.6 is 11.3 Å². The lowest BCUT2D eigenvalue weighted by atomic mass is 10.1. The number of benzene rings is 1. The Morgan fingerprint density at radius 2 is 1.97 bits per heavy atom. The van der Waals surface area contributed by atoms with Gasteiger partial charge in [-0.15, -0.1) is 11.3 Å². The normalized spacial score (nSPS) is 13.9. The van der Waals surface area contributed by atoms with E-state index in [2.05, 4.69) is 5.10 Å². The van der Waals surface area contributed by atoms with Crippen LogP contribution in [0.4, 0.5) is 4.39 Å². The van der Waals surface area contributed by atoms with Crippen molar-refractivity contribution >= 4 is 28.9 Å². The van der Waals surface area contributed by atoms with Crippen LogP contribution in [0.15, 0.2) is 64.3 Å². The molecule has 4 rings (SSSR count). The number of furan rings is 1. The maximum absolute atomic E-state index is 13.4. The highest BCUT2D eigenvalue weighted by Crippen LogP contribution is 2.21. The Hall–Kier alpha value is -3.26. The Labute approximate surface area is 183 Å². The highest BCUT2D eigenvalue weighted by atomic mass is 32.1. The summed E-state index contributed by atoms with van der Waals surface area (Å²) in [6.45, 7) is 2.96. The molecule has 2 aromatic heterocycles. The number of carbonyl (C=O) groups excluding carboxylic acids is 2. The highest BCUT2D eigenvalue weighted by Gasteiger charge is 2.28. The third-order valence-electron chi connectivity index (χ3n) is 4.95. The van der Waals surface area contributed by atoms with E-state index in [9.17, 15) is 14.0 Å². The average Bonchev–Trinajstić information content (AvgIpc) is 3.42. The smallest absolute Gasteiger partial charge is 0.270 e. The fourth-order valence-corrected chi connectivity index (χ4v) is 4.28. The van der Waals surface area contributed by atoms with Crippen LogP contribution in [0.3, 0.4) is 0 Å². The molecule has 6 nitrogen and oxygen atoms in total. The lowest BCUT2D eigenvalue weighted by Gasteiger charge is -2.27. The van der Waals surface area contributed by atoms with E-state index >= 15 is 0 Å². The molecule has 31 heavy (non-hydrogen) atoms. The molecule has 1 aliphatic rings. The van der Waals surface area contributed by atoms with Gasteiger partial charge in [0.05, 0.1) is 25.9 Å². The van der Waals surface area contributed by atoms with Crippen LogP contribution in [-0.4, -0.2) is 27.4 Å². The van der Waals surface area contributed by atoms with Gasteiger partial charge in [-0.3, -0.25) is 9.59 Å². The van der Waals surface area contributed by atoms with Crippen molar-refractivity contribution in [2.24, 2.45) is 5.10 Å². The Balaban J connectivity index is 1.55. The van der Waals surface area contributed by atoms with Gasteiger partial charge >= 0.3 is 0 Å². The molecular weight excluding hydrogens is 417 g/mol. The first kappa shape index (κ1) is 21.0. The Bertz CT molecular complexity index is 1090. The quantitative estimate of drug-likeness (QED) is 0.545. The molecule has 0 unspecified atom stereocenters. The largest absolute Gasteiger partial charge is 0.467 e. The number of halogens is 1. The van der Waals surface area contributed by atoms with Crippen molar-refractivity contribution in [3.63, 3.8) is 0 Å². The fraction of sp³-hybridized carbons (Fsp3) is 0.261. The number of thiophene rings is 1.